The van der Waals surface area contributed by atoms with Crippen LogP contribution in [0.2, 0.25) is 0 Å². The summed E-state index contributed by atoms with van der Waals surface area (Å²) in [6.45, 7) is 9.11. The Labute approximate surface area is 507 Å². The minimum atomic E-state index is -0.125. The normalized spacial score (nSPS) is 9.96. The van der Waals surface area contributed by atoms with Gasteiger partial charge in [0.2, 0.25) is 0 Å². The number of carbonyl (C=O) groups excluding carboxylic acids is 1. The molecule has 0 saturated carbocycles. The molecular weight excluding hydrogens is 1510 g/mol. The zero-order valence-corrected chi connectivity index (χ0v) is 51.6. The molecular formula is C70H58Ir3N4O2-4. The first kappa shape index (κ1) is 63.8. The number of aromatic nitrogens is 4. The van der Waals surface area contributed by atoms with Crippen molar-refractivity contribution in [3.63, 3.8) is 0 Å². The minimum Gasteiger partial charge on any atom is -0.512 e. The van der Waals surface area contributed by atoms with Gasteiger partial charge in [-0.1, -0.05) is 141 Å². The van der Waals surface area contributed by atoms with Gasteiger partial charge in [-0.15, -0.1) is 143 Å². The van der Waals surface area contributed by atoms with E-state index in [1.807, 2.05) is 158 Å². The van der Waals surface area contributed by atoms with Crippen molar-refractivity contribution in [3.8, 4) is 78.4 Å². The number of hydrogen-bond donors (Lipinski definition) is 1. The fourth-order valence-electron chi connectivity index (χ4n) is 7.75. The van der Waals surface area contributed by atoms with Crippen molar-refractivity contribution >= 4 is 5.78 Å². The van der Waals surface area contributed by atoms with Crippen LogP contribution in [0.5, 0.6) is 0 Å². The Balaban J connectivity index is 0.000000218. The van der Waals surface area contributed by atoms with Crippen molar-refractivity contribution in [2.75, 3.05) is 0 Å². The van der Waals surface area contributed by atoms with Gasteiger partial charge in [-0.2, -0.15) is 0 Å². The molecule has 11 aromatic rings. The largest absolute Gasteiger partial charge is 0.512 e. The first-order chi connectivity index (χ1) is 37.1. The van der Waals surface area contributed by atoms with E-state index in [0.29, 0.717) is 0 Å². The summed E-state index contributed by atoms with van der Waals surface area (Å²) in [6, 6.07) is 88.3. The predicted octanol–water partition coefficient (Wildman–Crippen LogP) is 17.2. The Morgan fingerprint density at radius 1 is 0.392 bits per heavy atom. The molecule has 0 spiro atoms. The second kappa shape index (κ2) is 34.2. The molecule has 0 fully saturated rings. The summed E-state index contributed by atoms with van der Waals surface area (Å²) in [4.78, 5) is 27.6. The van der Waals surface area contributed by atoms with Gasteiger partial charge in [-0.3, -0.25) is 4.79 Å². The third kappa shape index (κ3) is 21.2. The van der Waals surface area contributed by atoms with Gasteiger partial charge in [-0.05, 0) is 95.1 Å². The maximum Gasteiger partial charge on any atom is 0.155 e. The number of hydrogen-bond acceptors (Lipinski definition) is 6. The number of aryl methyl sites for hydroxylation is 3. The van der Waals surface area contributed by atoms with Crippen LogP contribution in [0.1, 0.15) is 30.5 Å². The molecule has 0 aliphatic rings. The van der Waals surface area contributed by atoms with Gasteiger partial charge in [0, 0.05) is 91.2 Å². The zero-order valence-electron chi connectivity index (χ0n) is 44.4. The van der Waals surface area contributed by atoms with Crippen molar-refractivity contribution in [2.24, 2.45) is 0 Å². The van der Waals surface area contributed by atoms with Gasteiger partial charge in [0.15, 0.2) is 5.78 Å². The number of aliphatic hydroxyl groups excluding tert-OH is 1. The maximum absolute atomic E-state index is 10.0. The molecule has 0 aliphatic heterocycles. The van der Waals surface area contributed by atoms with Crippen molar-refractivity contribution in [2.45, 2.75) is 34.6 Å². The van der Waals surface area contributed by atoms with Crippen LogP contribution >= 0.6 is 0 Å². The Morgan fingerprint density at radius 2 is 0.835 bits per heavy atom. The van der Waals surface area contributed by atoms with E-state index in [-0.39, 0.29) is 71.9 Å². The number of aliphatic hydroxyl groups is 1. The number of ketones is 1. The number of rotatable bonds is 8. The predicted molar refractivity (Wildman–Crippen MR) is 312 cm³/mol. The van der Waals surface area contributed by atoms with Gasteiger partial charge in [-0.25, -0.2) is 0 Å². The quantitative estimate of drug-likeness (QED) is 0.0926. The summed E-state index contributed by atoms with van der Waals surface area (Å²) in [5.74, 6) is -0.0625. The first-order valence-electron chi connectivity index (χ1n) is 24.8. The summed E-state index contributed by atoms with van der Waals surface area (Å²) >= 11 is 0. The number of nitrogens with zero attached hydrogens (tertiary/aromatic N) is 4. The van der Waals surface area contributed by atoms with E-state index in [1.54, 1.807) is 6.20 Å². The van der Waals surface area contributed by atoms with Crippen LogP contribution in [0.25, 0.3) is 78.4 Å². The van der Waals surface area contributed by atoms with Gasteiger partial charge in [0.1, 0.15) is 0 Å². The molecule has 79 heavy (non-hydrogen) atoms. The molecule has 11 rings (SSSR count). The van der Waals surface area contributed by atoms with Gasteiger partial charge >= 0.3 is 0 Å². The molecule has 1 N–H and O–H groups in total. The standard InChI is InChI=1S/C19H16N.C18H14N.C17H12N.C11H8N.C5H8O2.3Ir/c1-14-10-15(2)12-18(11-14)19-9-8-17(13-20-19)16-6-4-3-5-7-16;1-14-7-9-15(10-8-14)17-11-12-19-18(13-17)16-5-3-2-4-6-16;1-3-7-14(8-4-1)16-11-12-18-17(13-16)15-9-5-2-6-10-15;1-2-6-10(7-3-1)11-8-4-5-9-12-11;1-4(6)3-5(2)7;;;/h3-11,13H,1-2H3;2-5,7-13H,1H3;1-9,11-13H;1-6,8-9H;3,6H,1-2H3;;;/q4*-1;;;;. The van der Waals surface area contributed by atoms with E-state index in [9.17, 15) is 4.79 Å². The fourth-order valence-corrected chi connectivity index (χ4v) is 7.75. The molecule has 4 heterocycles. The van der Waals surface area contributed by atoms with E-state index in [2.05, 4.69) is 150 Å². The third-order valence-corrected chi connectivity index (χ3v) is 11.3. The molecule has 0 saturated heterocycles. The monoisotopic (exact) mass is 1570 g/mol. The van der Waals surface area contributed by atoms with Crippen LogP contribution in [0.15, 0.2) is 261 Å². The molecule has 6 nitrogen and oxygen atoms in total. The summed E-state index contributed by atoms with van der Waals surface area (Å²) in [7, 11) is 0. The van der Waals surface area contributed by atoms with Crippen LogP contribution in [0.3, 0.4) is 0 Å². The molecule has 4 aromatic heterocycles. The third-order valence-electron chi connectivity index (χ3n) is 11.3. The number of pyridine rings is 4. The Kier molecular flexibility index (Phi) is 27.7. The Morgan fingerprint density at radius 3 is 1.25 bits per heavy atom. The molecule has 0 amide bonds. The summed E-state index contributed by atoms with van der Waals surface area (Å²) in [5.41, 5.74) is 18.8. The molecule has 0 aliphatic carbocycles. The molecule has 3 radical (unpaired) electrons. The number of carbonyl (C=O) groups is 1. The zero-order chi connectivity index (χ0) is 53.3. The van der Waals surface area contributed by atoms with E-state index in [1.165, 1.54) is 58.9 Å². The molecule has 0 unspecified atom stereocenters. The Bertz CT molecular complexity index is 3400. The van der Waals surface area contributed by atoms with Crippen LogP contribution in [-0.4, -0.2) is 30.8 Å². The van der Waals surface area contributed by atoms with E-state index in [4.69, 9.17) is 5.11 Å². The molecule has 7 aromatic carbocycles. The van der Waals surface area contributed by atoms with E-state index in [0.717, 1.165) is 56.2 Å². The van der Waals surface area contributed by atoms with Crippen molar-refractivity contribution < 1.29 is 70.2 Å². The summed E-state index contributed by atoms with van der Waals surface area (Å²) in [5, 5.41) is 8.36. The SMILES string of the molecule is CC(=O)C=C(C)O.Cc1[c-]c(-c2ccc(-c3ccccc3)cn2)cc(C)c1.Cc1ccc(-c2ccnc(-c3[c-]cccc3)c2)cc1.[Ir].[Ir].[Ir].[c-]1ccccc1-c1cc(-c2ccccc2)ccn1.[c-]1ccccc1-c1ccccn1. The van der Waals surface area contributed by atoms with Gasteiger partial charge in [0.25, 0.3) is 0 Å². The number of allylic oxidation sites excluding steroid dienone is 2. The first-order valence-corrected chi connectivity index (χ1v) is 24.8. The second-order valence-corrected chi connectivity index (χ2v) is 17.6. The smallest absolute Gasteiger partial charge is 0.155 e. The molecule has 0 atom stereocenters. The maximum atomic E-state index is 10.0. The average molecular weight is 1560 g/mol. The average Bonchev–Trinajstić information content (AvgIpc) is 3.48. The van der Waals surface area contributed by atoms with Crippen LogP contribution in [0, 0.1) is 45.0 Å². The number of benzene rings is 7. The van der Waals surface area contributed by atoms with E-state index < -0.39 is 0 Å². The van der Waals surface area contributed by atoms with Crippen LogP contribution < -0.4 is 0 Å². The van der Waals surface area contributed by atoms with Gasteiger partial charge in [0.05, 0.1) is 5.76 Å². The minimum absolute atomic E-state index is 0. The van der Waals surface area contributed by atoms with Crippen molar-refractivity contribution in [1.82, 2.24) is 19.9 Å². The fraction of sp³-hybridized carbons (Fsp3) is 0.0714. The van der Waals surface area contributed by atoms with Crippen molar-refractivity contribution in [3.05, 3.63) is 302 Å². The molecule has 0 bridgehead atoms. The summed E-state index contributed by atoms with van der Waals surface area (Å²) in [6.07, 6.45) is 8.58. The topological polar surface area (TPSA) is 88.9 Å². The summed E-state index contributed by atoms with van der Waals surface area (Å²) < 4.78 is 0. The van der Waals surface area contributed by atoms with Gasteiger partial charge < -0.3 is 25.0 Å². The Hall–Kier alpha value is -7.70. The molecule has 401 valence electrons. The second-order valence-electron chi connectivity index (χ2n) is 17.6. The van der Waals surface area contributed by atoms with Crippen LogP contribution in [0.4, 0.5) is 0 Å². The van der Waals surface area contributed by atoms with E-state index >= 15 is 0 Å². The van der Waals surface area contributed by atoms with Crippen LogP contribution in [-0.2, 0) is 65.1 Å². The van der Waals surface area contributed by atoms with Crippen molar-refractivity contribution in [1.29, 1.82) is 0 Å². The molecule has 9 heteroatoms.